The number of H-pyrrole nitrogens is 1. The van der Waals surface area contributed by atoms with Gasteiger partial charge < -0.3 is 9.88 Å². The molecule has 222 valence electrons. The second-order valence-corrected chi connectivity index (χ2v) is 9.89. The lowest BCUT2D eigenvalue weighted by molar-refractivity contribution is -0.711. The summed E-state index contributed by atoms with van der Waals surface area (Å²) >= 11 is 12.3. The van der Waals surface area contributed by atoms with Crippen molar-refractivity contribution in [2.45, 2.75) is 31.9 Å². The number of nitrogens with zero attached hydrogens (tertiary/aromatic N) is 4. The first-order valence-corrected chi connectivity index (χ1v) is 12.5. The fourth-order valence-corrected chi connectivity index (χ4v) is 4.95. The Morgan fingerprint density at radius 3 is 2.48 bits per heavy atom. The van der Waals surface area contributed by atoms with Gasteiger partial charge in [0.1, 0.15) is 35.8 Å². The molecule has 0 saturated carbocycles. The number of halogens is 9. The van der Waals surface area contributed by atoms with E-state index in [-0.39, 0.29) is 39.9 Å². The Morgan fingerprint density at radius 2 is 1.81 bits per heavy atom. The maximum Gasteiger partial charge on any atom is 0.495 e. The molecule has 1 aliphatic heterocycles. The second kappa shape index (κ2) is 10.3. The molecular formula is C24H15Cl2F7N5O4+. The molecule has 0 spiro atoms. The van der Waals surface area contributed by atoms with Crippen LogP contribution >= 0.6 is 23.2 Å². The van der Waals surface area contributed by atoms with Gasteiger partial charge in [-0.1, -0.05) is 29.3 Å². The highest BCUT2D eigenvalue weighted by Crippen LogP contribution is 2.31. The minimum atomic E-state index is -5.61. The maximum absolute atomic E-state index is 14.8. The number of aromatic amines is 1. The summed E-state index contributed by atoms with van der Waals surface area (Å²) < 4.78 is 95.8. The minimum Gasteiger partial charge on any atom is -0.326 e. The Kier molecular flexibility index (Phi) is 7.25. The van der Waals surface area contributed by atoms with Crippen LogP contribution in [0.25, 0.3) is 5.52 Å². The van der Waals surface area contributed by atoms with Crippen LogP contribution in [0.15, 0.2) is 41.5 Å². The Labute approximate surface area is 239 Å². The third-order valence-corrected chi connectivity index (χ3v) is 7.18. The molecule has 0 unspecified atom stereocenters. The average Bonchev–Trinajstić information content (AvgIpc) is 3.43. The molecule has 3 aromatic heterocycles. The van der Waals surface area contributed by atoms with Gasteiger partial charge in [-0.2, -0.15) is 26.3 Å². The van der Waals surface area contributed by atoms with Crippen LogP contribution in [0.5, 0.6) is 0 Å². The number of aromatic nitrogens is 4. The van der Waals surface area contributed by atoms with E-state index in [1.165, 1.54) is 28.8 Å². The number of benzene rings is 1. The molecule has 1 amide bonds. The van der Waals surface area contributed by atoms with Crippen molar-refractivity contribution in [1.82, 2.24) is 19.0 Å². The van der Waals surface area contributed by atoms with Gasteiger partial charge in [0.25, 0.3) is 17.2 Å². The Balaban J connectivity index is 1.46. The molecule has 0 bridgehead atoms. The topological polar surface area (TPSA) is 92.7 Å². The summed E-state index contributed by atoms with van der Waals surface area (Å²) in [6, 6.07) is 4.86. The quantitative estimate of drug-likeness (QED) is 0.270. The van der Waals surface area contributed by atoms with Crippen LogP contribution in [0.2, 0.25) is 10.2 Å². The van der Waals surface area contributed by atoms with E-state index in [2.05, 4.69) is 9.82 Å². The van der Waals surface area contributed by atoms with Crippen LogP contribution in [0.1, 0.15) is 33.1 Å². The zero-order valence-electron chi connectivity index (χ0n) is 20.6. The first-order valence-electron chi connectivity index (χ1n) is 11.7. The number of fused-ring (bicyclic) bond motifs is 2. The number of alkyl halides is 6. The molecule has 4 heterocycles. The standard InChI is InChI=1S/C24H14Cl2F7N5O4/c25-14-7-16-20(39)34-8-12(37(16)19(14)26)5-11-1-2-15(27)13(6-11)21(40)36-4-3-35-9-17(23(28,29)30)38(18(35)10-36)42-22(41)24(31,32)33/h1-2,6-9H,3-5,10H2/p+1. The predicted molar refractivity (Wildman–Crippen MR) is 129 cm³/mol. The van der Waals surface area contributed by atoms with Crippen LogP contribution in [0, 0.1) is 5.82 Å². The lowest BCUT2D eigenvalue weighted by Crippen LogP contribution is -2.52. The van der Waals surface area contributed by atoms with E-state index >= 15 is 0 Å². The van der Waals surface area contributed by atoms with E-state index in [9.17, 15) is 45.1 Å². The molecule has 4 aromatic rings. The molecule has 5 rings (SSSR count). The normalized spacial score (nSPS) is 13.9. The number of carbonyl (C=O) groups is 2. The smallest absolute Gasteiger partial charge is 0.326 e. The summed E-state index contributed by atoms with van der Waals surface area (Å²) in [5.74, 6) is -5.48. The van der Waals surface area contributed by atoms with E-state index in [0.29, 0.717) is 17.5 Å². The van der Waals surface area contributed by atoms with E-state index in [1.807, 2.05) is 0 Å². The molecule has 0 fully saturated rings. The molecular weight excluding hydrogens is 626 g/mol. The van der Waals surface area contributed by atoms with Crippen LogP contribution in [-0.4, -0.2) is 43.6 Å². The van der Waals surface area contributed by atoms with Gasteiger partial charge in [0.05, 0.1) is 17.1 Å². The summed E-state index contributed by atoms with van der Waals surface area (Å²) in [5.41, 5.74) is -1.77. The fourth-order valence-electron chi connectivity index (χ4n) is 4.50. The minimum absolute atomic E-state index is 0.0176. The number of hydrogen-bond donors (Lipinski definition) is 1. The van der Waals surface area contributed by atoms with Crippen molar-refractivity contribution >= 4 is 40.6 Å². The molecule has 9 nitrogen and oxygen atoms in total. The van der Waals surface area contributed by atoms with Crippen molar-refractivity contribution in [3.8, 4) is 0 Å². The number of imidazole rings is 1. The van der Waals surface area contributed by atoms with E-state index < -0.39 is 59.2 Å². The van der Waals surface area contributed by atoms with Gasteiger partial charge in [-0.3, -0.25) is 14.0 Å². The number of nitrogens with one attached hydrogen (secondary N) is 1. The van der Waals surface area contributed by atoms with Crippen molar-refractivity contribution in [1.29, 1.82) is 0 Å². The molecule has 42 heavy (non-hydrogen) atoms. The zero-order chi connectivity index (χ0) is 30.7. The third kappa shape index (κ3) is 5.31. The summed E-state index contributed by atoms with van der Waals surface area (Å²) in [5, 5.41) is 0.145. The number of hydrogen-bond acceptors (Lipinski definition) is 4. The van der Waals surface area contributed by atoms with Gasteiger partial charge in [0, 0.05) is 18.3 Å². The van der Waals surface area contributed by atoms with Gasteiger partial charge in [-0.25, -0.2) is 18.6 Å². The highest BCUT2D eigenvalue weighted by atomic mass is 35.5. The van der Waals surface area contributed by atoms with Crippen LogP contribution in [-0.2, 0) is 30.5 Å². The Bertz CT molecular complexity index is 1810. The monoisotopic (exact) mass is 640 g/mol. The van der Waals surface area contributed by atoms with Gasteiger partial charge in [-0.15, -0.1) is 0 Å². The first kappa shape index (κ1) is 29.4. The molecule has 1 aromatic carbocycles. The molecule has 1 aliphatic rings. The average molecular weight is 641 g/mol. The number of carbonyl (C=O) groups excluding carboxylic acids is 2. The van der Waals surface area contributed by atoms with E-state index in [0.717, 1.165) is 15.5 Å². The van der Waals surface area contributed by atoms with Crippen molar-refractivity contribution < 1.29 is 49.7 Å². The molecule has 1 N–H and O–H groups in total. The molecule has 0 radical (unpaired) electrons. The van der Waals surface area contributed by atoms with E-state index in [1.54, 1.807) is 0 Å². The van der Waals surface area contributed by atoms with Crippen molar-refractivity contribution in [3.63, 3.8) is 0 Å². The summed E-state index contributed by atoms with van der Waals surface area (Å²) in [6.45, 7) is -1.32. The van der Waals surface area contributed by atoms with Crippen LogP contribution in [0.3, 0.4) is 0 Å². The van der Waals surface area contributed by atoms with Crippen molar-refractivity contribution in [2.75, 3.05) is 6.54 Å². The largest absolute Gasteiger partial charge is 0.495 e. The highest BCUT2D eigenvalue weighted by molar-refractivity contribution is 6.42. The lowest BCUT2D eigenvalue weighted by Gasteiger charge is -2.25. The summed E-state index contributed by atoms with van der Waals surface area (Å²) in [7, 11) is 0. The fraction of sp³-hybridized carbons (Fsp3) is 0.250. The summed E-state index contributed by atoms with van der Waals surface area (Å²) in [4.78, 5) is 44.3. The molecule has 0 saturated heterocycles. The van der Waals surface area contributed by atoms with E-state index in [4.69, 9.17) is 23.2 Å². The molecule has 18 heteroatoms. The predicted octanol–water partition coefficient (Wildman–Crippen LogP) is 3.95. The first-order chi connectivity index (χ1) is 19.6. The second-order valence-electron chi connectivity index (χ2n) is 9.12. The molecule has 0 atom stereocenters. The third-order valence-electron chi connectivity index (χ3n) is 6.42. The zero-order valence-corrected chi connectivity index (χ0v) is 22.1. The number of rotatable bonds is 4. The van der Waals surface area contributed by atoms with Crippen molar-refractivity contribution in [3.05, 3.63) is 91.3 Å². The highest BCUT2D eigenvalue weighted by Gasteiger charge is 2.50. The SMILES string of the molecule is O=C(c1cc(Cc2c[nH]c(=O)c3cc(Cl)c(Cl)n23)ccc1F)N1CC[n+]2cc(C(F)(F)F)n(OC(=O)C(F)(F)F)c2C1. The van der Waals surface area contributed by atoms with Gasteiger partial charge in [0.15, 0.2) is 0 Å². The van der Waals surface area contributed by atoms with Gasteiger partial charge in [0.2, 0.25) is 0 Å². The van der Waals surface area contributed by atoms with Gasteiger partial charge >= 0.3 is 24.1 Å². The number of amides is 1. The molecule has 0 aliphatic carbocycles. The summed E-state index contributed by atoms with van der Waals surface area (Å²) in [6.07, 6.45) is -9.01. The van der Waals surface area contributed by atoms with Crippen molar-refractivity contribution in [2.24, 2.45) is 0 Å². The lowest BCUT2D eigenvalue weighted by atomic mass is 10.0. The van der Waals surface area contributed by atoms with Crippen LogP contribution < -0.4 is 15.0 Å². The Hall–Kier alpha value is -4.05. The Morgan fingerprint density at radius 1 is 1.10 bits per heavy atom. The van der Waals surface area contributed by atoms with Gasteiger partial charge in [-0.05, 0) is 28.5 Å². The van der Waals surface area contributed by atoms with Crippen LogP contribution in [0.4, 0.5) is 30.7 Å². The maximum atomic E-state index is 14.8.